The molecule has 1 aromatic carbocycles. The van der Waals surface area contributed by atoms with Crippen molar-refractivity contribution in [2.45, 2.75) is 19.3 Å². The first-order chi connectivity index (χ1) is 14.1. The van der Waals surface area contributed by atoms with Crippen molar-refractivity contribution >= 4 is 17.3 Å². The Morgan fingerprint density at radius 1 is 1.00 bits per heavy atom. The summed E-state index contributed by atoms with van der Waals surface area (Å²) >= 11 is 0. The van der Waals surface area contributed by atoms with Gasteiger partial charge in [-0.1, -0.05) is 0 Å². The number of anilines is 3. The average Bonchev–Trinajstić information content (AvgIpc) is 3.23. The lowest BCUT2D eigenvalue weighted by Gasteiger charge is -2.32. The molecule has 8 heteroatoms. The van der Waals surface area contributed by atoms with Crippen LogP contribution in [0.4, 0.5) is 26.1 Å². The number of hydrogen-bond donors (Lipinski definition) is 2. The summed E-state index contributed by atoms with van der Waals surface area (Å²) in [7, 11) is 0. The van der Waals surface area contributed by atoms with Gasteiger partial charge in [-0.15, -0.1) is 0 Å². The van der Waals surface area contributed by atoms with Crippen molar-refractivity contribution in [1.82, 2.24) is 9.97 Å². The molecule has 2 unspecified atom stereocenters. The van der Waals surface area contributed by atoms with Crippen molar-refractivity contribution in [3.05, 3.63) is 42.2 Å². The van der Waals surface area contributed by atoms with Gasteiger partial charge in [-0.3, -0.25) is 0 Å². The van der Waals surface area contributed by atoms with Crippen molar-refractivity contribution in [3.8, 4) is 0 Å². The van der Waals surface area contributed by atoms with E-state index in [1.165, 1.54) is 12.1 Å². The van der Waals surface area contributed by atoms with Gasteiger partial charge < -0.3 is 20.2 Å². The molecule has 2 fully saturated rings. The molecular formula is C21H27F2N5O. The van der Waals surface area contributed by atoms with Gasteiger partial charge in [0.25, 0.3) is 0 Å². The summed E-state index contributed by atoms with van der Waals surface area (Å²) in [6.45, 7) is 4.35. The van der Waals surface area contributed by atoms with Gasteiger partial charge in [0.05, 0.1) is 0 Å². The highest BCUT2D eigenvalue weighted by molar-refractivity contribution is 5.50. The number of piperidine rings is 1. The zero-order valence-electron chi connectivity index (χ0n) is 16.4. The van der Waals surface area contributed by atoms with E-state index in [0.29, 0.717) is 11.8 Å². The maximum Gasteiger partial charge on any atom is 0.160 e. The van der Waals surface area contributed by atoms with Crippen LogP contribution in [0.1, 0.15) is 19.3 Å². The summed E-state index contributed by atoms with van der Waals surface area (Å²) in [6, 6.07) is 6.03. The fourth-order valence-electron chi connectivity index (χ4n) is 4.20. The van der Waals surface area contributed by atoms with Crippen LogP contribution in [0.2, 0.25) is 0 Å². The van der Waals surface area contributed by atoms with Gasteiger partial charge in [-0.05, 0) is 43.2 Å². The fraction of sp³-hybridized carbons (Fsp3) is 0.524. The lowest BCUT2D eigenvalue weighted by atomic mass is 9.99. The number of rotatable bonds is 6. The number of benzene rings is 1. The first-order valence-corrected chi connectivity index (χ1v) is 10.2. The Morgan fingerprint density at radius 3 is 2.69 bits per heavy atom. The molecule has 0 bridgehead atoms. The van der Waals surface area contributed by atoms with Gasteiger partial charge in [-0.25, -0.2) is 18.7 Å². The van der Waals surface area contributed by atoms with Crippen LogP contribution < -0.4 is 15.1 Å². The van der Waals surface area contributed by atoms with Crippen LogP contribution in [0.5, 0.6) is 0 Å². The maximum atomic E-state index is 13.5. The molecule has 1 aromatic heterocycles. The highest BCUT2D eigenvalue weighted by Crippen LogP contribution is 2.26. The number of nitrogens with zero attached hydrogens (tertiary/aromatic N) is 4. The zero-order valence-corrected chi connectivity index (χ0v) is 16.4. The zero-order chi connectivity index (χ0) is 20.2. The molecule has 0 saturated carbocycles. The van der Waals surface area contributed by atoms with Gasteiger partial charge in [0.1, 0.15) is 18.0 Å². The molecule has 2 aliphatic heterocycles. The summed E-state index contributed by atoms with van der Waals surface area (Å²) in [5.41, 5.74) is 0.722. The first kappa shape index (κ1) is 19.8. The molecule has 29 heavy (non-hydrogen) atoms. The Kier molecular flexibility index (Phi) is 6.08. The molecule has 2 aromatic rings. The van der Waals surface area contributed by atoms with Crippen LogP contribution >= 0.6 is 0 Å². The predicted octanol–water partition coefficient (Wildman–Crippen LogP) is 2.90. The van der Waals surface area contributed by atoms with Crippen molar-refractivity contribution in [2.24, 2.45) is 11.8 Å². The molecule has 156 valence electrons. The Balaban J connectivity index is 1.32. The Morgan fingerprint density at radius 2 is 1.86 bits per heavy atom. The monoisotopic (exact) mass is 403 g/mol. The molecule has 6 nitrogen and oxygen atoms in total. The third-order valence-electron chi connectivity index (χ3n) is 5.88. The molecule has 0 radical (unpaired) electrons. The largest absolute Gasteiger partial charge is 0.396 e. The molecule has 4 rings (SSSR count). The van der Waals surface area contributed by atoms with E-state index in [0.717, 1.165) is 69.3 Å². The Hall–Kier alpha value is -2.48. The predicted molar refractivity (Wildman–Crippen MR) is 109 cm³/mol. The van der Waals surface area contributed by atoms with Crippen LogP contribution in [-0.4, -0.2) is 54.4 Å². The summed E-state index contributed by atoms with van der Waals surface area (Å²) in [4.78, 5) is 13.0. The second-order valence-corrected chi connectivity index (χ2v) is 7.98. The van der Waals surface area contributed by atoms with Gasteiger partial charge >= 0.3 is 0 Å². The highest BCUT2D eigenvalue weighted by Gasteiger charge is 2.24. The number of aliphatic hydroxyl groups excluding tert-OH is 1. The molecule has 3 heterocycles. The first-order valence-electron chi connectivity index (χ1n) is 10.2. The number of halogens is 2. The van der Waals surface area contributed by atoms with Crippen LogP contribution in [0.25, 0.3) is 0 Å². The minimum absolute atomic E-state index is 0.211. The third kappa shape index (κ3) is 4.75. The molecule has 2 atom stereocenters. The minimum Gasteiger partial charge on any atom is -0.396 e. The van der Waals surface area contributed by atoms with Gasteiger partial charge in [0.15, 0.2) is 11.6 Å². The molecule has 0 aliphatic carbocycles. The Labute approximate surface area is 169 Å². The lowest BCUT2D eigenvalue weighted by Crippen LogP contribution is -2.37. The average molecular weight is 403 g/mol. The van der Waals surface area contributed by atoms with E-state index in [2.05, 4.69) is 25.1 Å². The van der Waals surface area contributed by atoms with Crippen LogP contribution in [0.15, 0.2) is 30.6 Å². The topological polar surface area (TPSA) is 64.5 Å². The van der Waals surface area contributed by atoms with Gasteiger partial charge in [-0.2, -0.15) is 0 Å². The maximum absolute atomic E-state index is 13.5. The van der Waals surface area contributed by atoms with E-state index in [1.807, 2.05) is 6.07 Å². The smallest absolute Gasteiger partial charge is 0.160 e. The fourth-order valence-corrected chi connectivity index (χ4v) is 4.20. The van der Waals surface area contributed by atoms with E-state index < -0.39 is 11.6 Å². The van der Waals surface area contributed by atoms with Crippen LogP contribution in [-0.2, 0) is 0 Å². The molecule has 0 spiro atoms. The lowest BCUT2D eigenvalue weighted by molar-refractivity contribution is 0.208. The second-order valence-electron chi connectivity index (χ2n) is 7.98. The molecular weight excluding hydrogens is 376 g/mol. The number of hydrogen-bond acceptors (Lipinski definition) is 6. The SMILES string of the molecule is OCC1CCCN(c2cc(NCC3CCN(c4ccc(F)c(F)c4)C3)ncn2)C1. The second kappa shape index (κ2) is 8.90. The van der Waals surface area contributed by atoms with Gasteiger partial charge in [0.2, 0.25) is 0 Å². The van der Waals surface area contributed by atoms with E-state index in [1.54, 1.807) is 12.4 Å². The summed E-state index contributed by atoms with van der Waals surface area (Å²) in [5.74, 6) is 0.748. The Bertz CT molecular complexity index is 836. The molecule has 0 amide bonds. The van der Waals surface area contributed by atoms with E-state index in [4.69, 9.17) is 0 Å². The molecule has 2 saturated heterocycles. The van der Waals surface area contributed by atoms with Crippen molar-refractivity contribution in [3.63, 3.8) is 0 Å². The minimum atomic E-state index is -0.815. The van der Waals surface area contributed by atoms with Crippen molar-refractivity contribution in [1.29, 1.82) is 0 Å². The standard InChI is InChI=1S/C21H27F2N5O/c22-18-4-3-17(8-19(18)23)27-7-5-15(11-27)10-24-20-9-21(26-14-25-20)28-6-1-2-16(12-28)13-29/h3-4,8-9,14-16,29H,1-2,5-7,10-13H2,(H,24,25,26). The highest BCUT2D eigenvalue weighted by atomic mass is 19.2. The summed E-state index contributed by atoms with van der Waals surface area (Å²) in [6.07, 6.45) is 4.66. The van der Waals surface area contributed by atoms with Gasteiger partial charge in [0, 0.05) is 57.2 Å². The quantitative estimate of drug-likeness (QED) is 0.773. The van der Waals surface area contributed by atoms with E-state index in [9.17, 15) is 13.9 Å². The molecule has 2 aliphatic rings. The number of aliphatic hydroxyl groups is 1. The van der Waals surface area contributed by atoms with Crippen molar-refractivity contribution < 1.29 is 13.9 Å². The molecule has 2 N–H and O–H groups in total. The van der Waals surface area contributed by atoms with E-state index >= 15 is 0 Å². The number of aromatic nitrogens is 2. The van der Waals surface area contributed by atoms with Crippen LogP contribution in [0.3, 0.4) is 0 Å². The normalized spacial score (nSPS) is 22.2. The van der Waals surface area contributed by atoms with Crippen LogP contribution in [0, 0.1) is 23.5 Å². The third-order valence-corrected chi connectivity index (χ3v) is 5.88. The van der Waals surface area contributed by atoms with Crippen molar-refractivity contribution in [2.75, 3.05) is 54.4 Å². The van der Waals surface area contributed by atoms with E-state index in [-0.39, 0.29) is 6.61 Å². The summed E-state index contributed by atoms with van der Waals surface area (Å²) < 4.78 is 26.6. The summed E-state index contributed by atoms with van der Waals surface area (Å²) in [5, 5.41) is 12.8. The number of nitrogens with one attached hydrogen (secondary N) is 1.